The van der Waals surface area contributed by atoms with Gasteiger partial charge in [0, 0.05) is 18.2 Å². The standard InChI is InChI=1S/C14H17F2NO2/c15-12-5-2-6-13(16)11(12)8-17-10-4-1-3-9(7-10)14(18)19/h2,5-6,9-10,17H,1,3-4,7-8H2,(H,18,19). The number of aliphatic carboxylic acids is 1. The fraction of sp³-hybridized carbons (Fsp3) is 0.500. The van der Waals surface area contributed by atoms with Gasteiger partial charge in [-0.3, -0.25) is 4.79 Å². The van der Waals surface area contributed by atoms with Gasteiger partial charge in [-0.1, -0.05) is 12.5 Å². The number of halogens is 2. The quantitative estimate of drug-likeness (QED) is 0.883. The molecule has 0 saturated heterocycles. The van der Waals surface area contributed by atoms with Crippen LogP contribution < -0.4 is 5.32 Å². The van der Waals surface area contributed by atoms with Gasteiger partial charge >= 0.3 is 5.97 Å². The Labute approximate surface area is 110 Å². The van der Waals surface area contributed by atoms with E-state index >= 15 is 0 Å². The van der Waals surface area contributed by atoms with Gasteiger partial charge in [0.05, 0.1) is 5.92 Å². The van der Waals surface area contributed by atoms with Crippen molar-refractivity contribution < 1.29 is 18.7 Å². The summed E-state index contributed by atoms with van der Waals surface area (Å²) in [6.07, 6.45) is 2.88. The lowest BCUT2D eigenvalue weighted by atomic mass is 9.86. The van der Waals surface area contributed by atoms with E-state index < -0.39 is 17.6 Å². The van der Waals surface area contributed by atoms with Crippen molar-refractivity contribution in [3.05, 3.63) is 35.4 Å². The molecule has 2 atom stereocenters. The van der Waals surface area contributed by atoms with Crippen molar-refractivity contribution in [1.82, 2.24) is 5.32 Å². The predicted molar refractivity (Wildman–Crippen MR) is 66.6 cm³/mol. The molecule has 0 amide bonds. The molecule has 2 rings (SSSR count). The molecule has 0 radical (unpaired) electrons. The molecule has 1 aromatic rings. The zero-order chi connectivity index (χ0) is 13.8. The molecule has 1 fully saturated rings. The highest BCUT2D eigenvalue weighted by molar-refractivity contribution is 5.70. The summed E-state index contributed by atoms with van der Waals surface area (Å²) in [6.45, 7) is 0.0928. The Balaban J connectivity index is 1.93. The largest absolute Gasteiger partial charge is 0.481 e. The van der Waals surface area contributed by atoms with Gasteiger partial charge in [0.1, 0.15) is 11.6 Å². The molecule has 1 aliphatic carbocycles. The number of nitrogens with one attached hydrogen (secondary N) is 1. The fourth-order valence-corrected chi connectivity index (χ4v) is 2.55. The summed E-state index contributed by atoms with van der Waals surface area (Å²) in [4.78, 5) is 10.9. The van der Waals surface area contributed by atoms with E-state index in [2.05, 4.69) is 5.32 Å². The predicted octanol–water partition coefficient (Wildman–Crippen LogP) is 2.70. The Morgan fingerprint density at radius 1 is 1.32 bits per heavy atom. The molecule has 1 aromatic carbocycles. The fourth-order valence-electron chi connectivity index (χ4n) is 2.55. The third-order valence-corrected chi connectivity index (χ3v) is 3.65. The Morgan fingerprint density at radius 2 is 2.00 bits per heavy atom. The van der Waals surface area contributed by atoms with Gasteiger partial charge in [0.25, 0.3) is 0 Å². The van der Waals surface area contributed by atoms with Crippen molar-refractivity contribution in [3.63, 3.8) is 0 Å². The summed E-state index contributed by atoms with van der Waals surface area (Å²) >= 11 is 0. The molecule has 104 valence electrons. The molecule has 0 bridgehead atoms. The zero-order valence-electron chi connectivity index (χ0n) is 10.5. The van der Waals surface area contributed by atoms with Crippen LogP contribution in [0.2, 0.25) is 0 Å². The maximum atomic E-state index is 13.4. The molecule has 2 N–H and O–H groups in total. The normalized spacial score (nSPS) is 23.3. The van der Waals surface area contributed by atoms with E-state index in [0.29, 0.717) is 12.8 Å². The molecule has 19 heavy (non-hydrogen) atoms. The van der Waals surface area contributed by atoms with Crippen LogP contribution in [0.5, 0.6) is 0 Å². The van der Waals surface area contributed by atoms with E-state index in [4.69, 9.17) is 5.11 Å². The van der Waals surface area contributed by atoms with Crippen LogP contribution in [0.1, 0.15) is 31.2 Å². The summed E-state index contributed by atoms with van der Waals surface area (Å²) in [5.41, 5.74) is 0.0138. The molecular formula is C14H17F2NO2. The molecule has 0 heterocycles. The molecule has 5 heteroatoms. The number of benzene rings is 1. The van der Waals surface area contributed by atoms with Crippen molar-refractivity contribution in [2.75, 3.05) is 0 Å². The van der Waals surface area contributed by atoms with Crippen LogP contribution in [0.4, 0.5) is 8.78 Å². The second-order valence-corrected chi connectivity index (χ2v) is 4.98. The van der Waals surface area contributed by atoms with Gasteiger partial charge in [0.2, 0.25) is 0 Å². The first kappa shape index (κ1) is 13.9. The molecule has 3 nitrogen and oxygen atoms in total. The van der Waals surface area contributed by atoms with Gasteiger partial charge in [-0.25, -0.2) is 8.78 Å². The minimum atomic E-state index is -0.788. The lowest BCUT2D eigenvalue weighted by molar-refractivity contribution is -0.143. The second-order valence-electron chi connectivity index (χ2n) is 4.98. The number of carboxylic acid groups (broad SMARTS) is 1. The first-order valence-corrected chi connectivity index (χ1v) is 6.47. The van der Waals surface area contributed by atoms with Crippen molar-refractivity contribution in [1.29, 1.82) is 0 Å². The molecule has 0 aromatic heterocycles. The van der Waals surface area contributed by atoms with Crippen LogP contribution in [-0.4, -0.2) is 17.1 Å². The topological polar surface area (TPSA) is 49.3 Å². The van der Waals surface area contributed by atoms with E-state index in [9.17, 15) is 13.6 Å². The number of carboxylic acids is 1. The third-order valence-electron chi connectivity index (χ3n) is 3.65. The van der Waals surface area contributed by atoms with Crippen LogP contribution in [0.3, 0.4) is 0 Å². The number of hydrogen-bond acceptors (Lipinski definition) is 2. The van der Waals surface area contributed by atoms with Crippen molar-refractivity contribution in [2.45, 2.75) is 38.3 Å². The first-order valence-electron chi connectivity index (χ1n) is 6.47. The SMILES string of the molecule is O=C(O)C1CCCC(NCc2c(F)cccc2F)C1. The lowest BCUT2D eigenvalue weighted by Crippen LogP contribution is -2.36. The van der Waals surface area contributed by atoms with Crippen LogP contribution >= 0.6 is 0 Å². The van der Waals surface area contributed by atoms with Crippen molar-refractivity contribution in [2.24, 2.45) is 5.92 Å². The summed E-state index contributed by atoms with van der Waals surface area (Å²) in [7, 11) is 0. The molecule has 1 aliphatic rings. The molecular weight excluding hydrogens is 252 g/mol. The van der Waals surface area contributed by atoms with Crippen molar-refractivity contribution in [3.8, 4) is 0 Å². The first-order chi connectivity index (χ1) is 9.08. The Morgan fingerprint density at radius 3 is 2.63 bits per heavy atom. The molecule has 0 spiro atoms. The highest BCUT2D eigenvalue weighted by Gasteiger charge is 2.26. The number of rotatable bonds is 4. The summed E-state index contributed by atoms with van der Waals surface area (Å²) in [5.74, 6) is -2.28. The Kier molecular flexibility index (Phi) is 4.47. The van der Waals surface area contributed by atoms with Gasteiger partial charge in [-0.05, 0) is 31.4 Å². The van der Waals surface area contributed by atoms with Crippen LogP contribution in [-0.2, 0) is 11.3 Å². The Bertz CT molecular complexity index is 445. The summed E-state index contributed by atoms with van der Waals surface area (Å²) in [6, 6.07) is 3.78. The second kappa shape index (κ2) is 6.10. The minimum absolute atomic E-state index is 0.00820. The smallest absolute Gasteiger partial charge is 0.306 e. The van der Waals surface area contributed by atoms with Crippen LogP contribution in [0.25, 0.3) is 0 Å². The van der Waals surface area contributed by atoms with Crippen molar-refractivity contribution >= 4 is 5.97 Å². The highest BCUT2D eigenvalue weighted by atomic mass is 19.1. The number of carbonyl (C=O) groups is 1. The zero-order valence-corrected chi connectivity index (χ0v) is 10.5. The Hall–Kier alpha value is -1.49. The van der Waals surface area contributed by atoms with Crippen LogP contribution in [0.15, 0.2) is 18.2 Å². The molecule has 0 aliphatic heterocycles. The van der Waals surface area contributed by atoms with E-state index in [1.54, 1.807) is 0 Å². The maximum Gasteiger partial charge on any atom is 0.306 e. The number of hydrogen-bond donors (Lipinski definition) is 2. The average Bonchev–Trinajstić information content (AvgIpc) is 2.38. The van der Waals surface area contributed by atoms with E-state index in [0.717, 1.165) is 12.8 Å². The summed E-state index contributed by atoms with van der Waals surface area (Å²) < 4.78 is 26.9. The third kappa shape index (κ3) is 3.50. The maximum absolute atomic E-state index is 13.4. The lowest BCUT2D eigenvalue weighted by Gasteiger charge is -2.27. The monoisotopic (exact) mass is 269 g/mol. The van der Waals surface area contributed by atoms with E-state index in [1.807, 2.05) is 0 Å². The van der Waals surface area contributed by atoms with Crippen LogP contribution in [0, 0.1) is 17.6 Å². The average molecular weight is 269 g/mol. The van der Waals surface area contributed by atoms with Gasteiger partial charge in [0.15, 0.2) is 0 Å². The van der Waals surface area contributed by atoms with Gasteiger partial charge < -0.3 is 10.4 Å². The summed E-state index contributed by atoms with van der Waals surface area (Å²) in [5, 5.41) is 12.0. The van der Waals surface area contributed by atoms with Gasteiger partial charge in [-0.2, -0.15) is 0 Å². The molecule has 1 saturated carbocycles. The minimum Gasteiger partial charge on any atom is -0.481 e. The molecule has 2 unspecified atom stereocenters. The van der Waals surface area contributed by atoms with E-state index in [1.165, 1.54) is 18.2 Å². The highest BCUT2D eigenvalue weighted by Crippen LogP contribution is 2.25. The van der Waals surface area contributed by atoms with E-state index in [-0.39, 0.29) is 24.1 Å². The van der Waals surface area contributed by atoms with Gasteiger partial charge in [-0.15, -0.1) is 0 Å².